The smallest absolute Gasteiger partial charge is 0.416 e. The van der Waals surface area contributed by atoms with E-state index in [1.54, 1.807) is 0 Å². The largest absolute Gasteiger partial charge is 0.452 e. The first-order valence-electron chi connectivity index (χ1n) is 8.07. The highest BCUT2D eigenvalue weighted by Crippen LogP contribution is 2.36. The van der Waals surface area contributed by atoms with Crippen LogP contribution in [0.5, 0.6) is 5.75 Å². The van der Waals surface area contributed by atoms with Gasteiger partial charge >= 0.3 is 24.9 Å². The maximum atomic E-state index is 12.8. The third-order valence-electron chi connectivity index (χ3n) is 3.53. The summed E-state index contributed by atoms with van der Waals surface area (Å²) in [6.07, 6.45) is -10.4. The predicted octanol–water partition coefficient (Wildman–Crippen LogP) is 5.12. The lowest BCUT2D eigenvalue weighted by molar-refractivity contribution is -0.143. The van der Waals surface area contributed by atoms with Crippen LogP contribution in [0.3, 0.4) is 0 Å². The first-order chi connectivity index (χ1) is 14.3. The van der Waals surface area contributed by atoms with Gasteiger partial charge in [0.25, 0.3) is 5.91 Å². The molecule has 0 aliphatic rings. The lowest BCUT2D eigenvalue weighted by atomic mass is 10.0. The third-order valence-corrected chi connectivity index (χ3v) is 3.53. The Labute approximate surface area is 168 Å². The zero-order chi connectivity index (χ0) is 23.4. The van der Waals surface area contributed by atoms with Gasteiger partial charge in [0.05, 0.1) is 22.4 Å². The van der Waals surface area contributed by atoms with Crippen LogP contribution in [0.25, 0.3) is 0 Å². The predicted molar refractivity (Wildman–Crippen MR) is 88.4 cm³/mol. The number of rotatable bonds is 6. The Morgan fingerprint density at radius 1 is 0.903 bits per heavy atom. The Kier molecular flexibility index (Phi) is 7.08. The maximum absolute atomic E-state index is 12.8. The van der Waals surface area contributed by atoms with E-state index in [2.05, 4.69) is 14.8 Å². The molecule has 13 heteroatoms. The number of halogens is 8. The number of hydrogen-bond acceptors (Lipinski definition) is 4. The van der Waals surface area contributed by atoms with Crippen LogP contribution in [0.4, 0.5) is 40.8 Å². The Balaban J connectivity index is 2.13. The van der Waals surface area contributed by atoms with Crippen LogP contribution < -0.4 is 10.1 Å². The molecule has 31 heavy (non-hydrogen) atoms. The van der Waals surface area contributed by atoms with Gasteiger partial charge in [-0.25, -0.2) is 4.79 Å². The first-order valence-corrected chi connectivity index (χ1v) is 8.07. The van der Waals surface area contributed by atoms with Gasteiger partial charge in [-0.2, -0.15) is 35.1 Å². The van der Waals surface area contributed by atoms with E-state index in [1.165, 1.54) is 18.2 Å². The van der Waals surface area contributed by atoms with Crippen molar-refractivity contribution < 1.29 is 54.2 Å². The Hall–Kier alpha value is -3.38. The van der Waals surface area contributed by atoms with E-state index in [1.807, 2.05) is 0 Å². The molecule has 0 saturated heterocycles. The fourth-order valence-corrected chi connectivity index (χ4v) is 2.24. The zero-order valence-corrected chi connectivity index (χ0v) is 15.0. The van der Waals surface area contributed by atoms with Crippen molar-refractivity contribution in [1.82, 2.24) is 0 Å². The van der Waals surface area contributed by atoms with Gasteiger partial charge in [-0.1, -0.05) is 12.1 Å². The highest BCUT2D eigenvalue weighted by molar-refractivity contribution is 5.96. The molecule has 0 radical (unpaired) electrons. The molecule has 0 aliphatic heterocycles. The van der Waals surface area contributed by atoms with E-state index in [0.29, 0.717) is 0 Å². The molecule has 2 rings (SSSR count). The number of ether oxygens (including phenoxy) is 2. The number of carbonyl (C=O) groups excluding carboxylic acids is 2. The number of anilines is 1. The van der Waals surface area contributed by atoms with Crippen molar-refractivity contribution in [3.05, 3.63) is 59.2 Å². The summed E-state index contributed by atoms with van der Waals surface area (Å²) in [6, 6.07) is 5.03. The number of benzene rings is 2. The van der Waals surface area contributed by atoms with Crippen LogP contribution in [-0.2, 0) is 21.9 Å². The maximum Gasteiger partial charge on any atom is 0.416 e. The van der Waals surface area contributed by atoms with Gasteiger partial charge in [0, 0.05) is 0 Å². The highest BCUT2D eigenvalue weighted by atomic mass is 19.4. The first kappa shape index (κ1) is 23.9. The SMILES string of the molecule is O=C(COC(=O)c1cc(C(F)(F)F)cc(C(F)(F)F)c1)Nc1ccccc1OC(F)F. The summed E-state index contributed by atoms with van der Waals surface area (Å²) in [5.41, 5.74) is -4.80. The molecule has 168 valence electrons. The van der Waals surface area contributed by atoms with Crippen molar-refractivity contribution in [2.75, 3.05) is 11.9 Å². The summed E-state index contributed by atoms with van der Waals surface area (Å²) in [4.78, 5) is 23.8. The minimum atomic E-state index is -5.18. The highest BCUT2D eigenvalue weighted by Gasteiger charge is 2.37. The summed E-state index contributed by atoms with van der Waals surface area (Å²) in [7, 11) is 0. The summed E-state index contributed by atoms with van der Waals surface area (Å²) < 4.78 is 110. The van der Waals surface area contributed by atoms with E-state index in [4.69, 9.17) is 0 Å². The Bertz CT molecular complexity index is 924. The van der Waals surface area contributed by atoms with E-state index < -0.39 is 59.9 Å². The molecular weight excluding hydrogens is 446 g/mol. The fraction of sp³-hybridized carbons (Fsp3) is 0.222. The normalized spacial score (nSPS) is 11.9. The molecule has 0 bridgehead atoms. The van der Waals surface area contributed by atoms with Crippen LogP contribution in [0.15, 0.2) is 42.5 Å². The van der Waals surface area contributed by atoms with Crippen molar-refractivity contribution in [3.63, 3.8) is 0 Å². The van der Waals surface area contributed by atoms with Gasteiger partial charge in [0.15, 0.2) is 6.61 Å². The molecule has 0 unspecified atom stereocenters. The van der Waals surface area contributed by atoms with Crippen molar-refractivity contribution in [3.8, 4) is 5.75 Å². The average Bonchev–Trinajstić information content (AvgIpc) is 2.65. The molecule has 0 saturated carbocycles. The second kappa shape index (κ2) is 9.18. The third kappa shape index (κ3) is 6.83. The van der Waals surface area contributed by atoms with Gasteiger partial charge in [-0.05, 0) is 30.3 Å². The zero-order valence-electron chi connectivity index (χ0n) is 15.0. The number of alkyl halides is 8. The van der Waals surface area contributed by atoms with E-state index >= 15 is 0 Å². The molecule has 2 aromatic rings. The quantitative estimate of drug-likeness (QED) is 0.483. The summed E-state index contributed by atoms with van der Waals surface area (Å²) in [6.45, 7) is -4.33. The van der Waals surface area contributed by atoms with E-state index in [-0.39, 0.29) is 23.9 Å². The Morgan fingerprint density at radius 2 is 1.45 bits per heavy atom. The molecule has 1 N–H and O–H groups in total. The second-order valence-corrected chi connectivity index (χ2v) is 5.79. The topological polar surface area (TPSA) is 64.6 Å². The van der Waals surface area contributed by atoms with Crippen molar-refractivity contribution in [2.24, 2.45) is 0 Å². The lowest BCUT2D eigenvalue weighted by Crippen LogP contribution is -2.22. The minimum absolute atomic E-state index is 0.140. The molecule has 5 nitrogen and oxygen atoms in total. The molecule has 0 spiro atoms. The molecule has 0 fully saturated rings. The summed E-state index contributed by atoms with van der Waals surface area (Å²) in [5.74, 6) is -3.17. The van der Waals surface area contributed by atoms with Crippen LogP contribution in [0.2, 0.25) is 0 Å². The number of carbonyl (C=O) groups is 2. The van der Waals surface area contributed by atoms with Gasteiger partial charge in [0.2, 0.25) is 0 Å². The van der Waals surface area contributed by atoms with Gasteiger partial charge in [-0.3, -0.25) is 4.79 Å². The van der Waals surface area contributed by atoms with Crippen molar-refractivity contribution >= 4 is 17.6 Å². The summed E-state index contributed by atoms with van der Waals surface area (Å²) in [5, 5.41) is 2.06. The van der Waals surface area contributed by atoms with E-state index in [9.17, 15) is 44.7 Å². The van der Waals surface area contributed by atoms with Gasteiger partial charge in [0.1, 0.15) is 5.75 Å². The van der Waals surface area contributed by atoms with Gasteiger partial charge in [-0.15, -0.1) is 0 Å². The molecule has 0 aliphatic carbocycles. The van der Waals surface area contributed by atoms with E-state index in [0.717, 1.165) is 6.07 Å². The number of para-hydroxylation sites is 2. The van der Waals surface area contributed by atoms with Crippen LogP contribution >= 0.6 is 0 Å². The molecular formula is C18H11F8NO4. The van der Waals surface area contributed by atoms with Crippen LogP contribution in [-0.4, -0.2) is 25.1 Å². The second-order valence-electron chi connectivity index (χ2n) is 5.79. The molecule has 2 aromatic carbocycles. The fourth-order valence-electron chi connectivity index (χ4n) is 2.24. The number of esters is 1. The number of amides is 1. The van der Waals surface area contributed by atoms with Gasteiger partial charge < -0.3 is 14.8 Å². The molecule has 1 amide bonds. The Morgan fingerprint density at radius 3 is 1.97 bits per heavy atom. The van der Waals surface area contributed by atoms with Crippen molar-refractivity contribution in [1.29, 1.82) is 0 Å². The number of hydrogen-bond donors (Lipinski definition) is 1. The van der Waals surface area contributed by atoms with Crippen molar-refractivity contribution in [2.45, 2.75) is 19.0 Å². The monoisotopic (exact) mass is 457 g/mol. The standard InChI is InChI=1S/C18H11F8NO4/c19-16(20)31-13-4-2-1-3-12(13)27-14(28)8-30-15(29)9-5-10(17(21,22)23)7-11(6-9)18(24,25)26/h1-7,16H,8H2,(H,27,28). The summed E-state index contributed by atoms with van der Waals surface area (Å²) >= 11 is 0. The minimum Gasteiger partial charge on any atom is -0.452 e. The molecule has 0 aromatic heterocycles. The molecule has 0 atom stereocenters. The molecule has 0 heterocycles. The average molecular weight is 457 g/mol. The van der Waals surface area contributed by atoms with Crippen LogP contribution in [0, 0.1) is 0 Å². The number of nitrogens with one attached hydrogen (secondary N) is 1. The lowest BCUT2D eigenvalue weighted by Gasteiger charge is -2.14. The van der Waals surface area contributed by atoms with Crippen LogP contribution in [0.1, 0.15) is 21.5 Å².